The van der Waals surface area contributed by atoms with E-state index in [-0.39, 0.29) is 0 Å². The first-order valence-corrected chi connectivity index (χ1v) is 12.8. The number of rotatable bonds is 8. The van der Waals surface area contributed by atoms with Crippen LogP contribution in [0.5, 0.6) is 0 Å². The Morgan fingerprint density at radius 1 is 0.765 bits per heavy atom. The molecule has 5 rings (SSSR count). The third-order valence-electron chi connectivity index (χ3n) is 7.02. The number of anilines is 1. The highest BCUT2D eigenvalue weighted by atomic mass is 35.5. The topological polar surface area (TPSA) is 19.4 Å². The standard InChI is InChI=1S/C30H32ClN3/c31-26-14-15-28-29(23-26)32-17-16-30(28)34-21-19-33(20-22-34)18-8-7-13-27(24-9-3-1-4-10-24)25-11-5-2-6-12-25/h1-6,9-12,14-17,23,27H,7-8,13,18-22H2. The molecule has 34 heavy (non-hydrogen) atoms. The van der Waals surface area contributed by atoms with Gasteiger partial charge >= 0.3 is 0 Å². The molecule has 1 aliphatic heterocycles. The number of benzene rings is 3. The fourth-order valence-electron chi connectivity index (χ4n) is 5.17. The Labute approximate surface area is 208 Å². The summed E-state index contributed by atoms with van der Waals surface area (Å²) in [4.78, 5) is 9.62. The highest BCUT2D eigenvalue weighted by Gasteiger charge is 2.19. The van der Waals surface area contributed by atoms with E-state index in [2.05, 4.69) is 87.6 Å². The van der Waals surface area contributed by atoms with Crippen LogP contribution in [0, 0.1) is 0 Å². The fraction of sp³-hybridized carbons (Fsp3) is 0.300. The van der Waals surface area contributed by atoms with Crippen LogP contribution in [0.4, 0.5) is 5.69 Å². The summed E-state index contributed by atoms with van der Waals surface area (Å²) in [6.07, 6.45) is 5.58. The molecule has 0 saturated carbocycles. The zero-order chi connectivity index (χ0) is 23.2. The van der Waals surface area contributed by atoms with Gasteiger partial charge in [0, 0.05) is 54.4 Å². The van der Waals surface area contributed by atoms with Gasteiger partial charge in [-0.25, -0.2) is 0 Å². The lowest BCUT2D eigenvalue weighted by Gasteiger charge is -2.36. The van der Waals surface area contributed by atoms with Gasteiger partial charge in [0.2, 0.25) is 0 Å². The van der Waals surface area contributed by atoms with Gasteiger partial charge < -0.3 is 4.90 Å². The minimum absolute atomic E-state index is 0.479. The van der Waals surface area contributed by atoms with E-state index < -0.39 is 0 Å². The summed E-state index contributed by atoms with van der Waals surface area (Å²) in [5.74, 6) is 0.479. The second-order valence-corrected chi connectivity index (χ2v) is 9.63. The van der Waals surface area contributed by atoms with E-state index >= 15 is 0 Å². The lowest BCUT2D eigenvalue weighted by atomic mass is 9.87. The molecule has 1 fully saturated rings. The first kappa shape index (κ1) is 22.9. The highest BCUT2D eigenvalue weighted by molar-refractivity contribution is 6.31. The number of pyridine rings is 1. The molecule has 0 radical (unpaired) electrons. The zero-order valence-corrected chi connectivity index (χ0v) is 20.4. The summed E-state index contributed by atoms with van der Waals surface area (Å²) in [5, 5.41) is 1.93. The maximum atomic E-state index is 6.17. The van der Waals surface area contributed by atoms with Crippen LogP contribution in [-0.2, 0) is 0 Å². The predicted octanol–water partition coefficient (Wildman–Crippen LogP) is 7.01. The second-order valence-electron chi connectivity index (χ2n) is 9.19. The molecule has 2 heterocycles. The van der Waals surface area contributed by atoms with E-state index in [4.69, 9.17) is 11.6 Å². The van der Waals surface area contributed by atoms with Gasteiger partial charge in [-0.05, 0) is 54.8 Å². The Hall–Kier alpha value is -2.88. The van der Waals surface area contributed by atoms with Crippen molar-refractivity contribution in [1.29, 1.82) is 0 Å². The fourth-order valence-corrected chi connectivity index (χ4v) is 5.34. The van der Waals surface area contributed by atoms with E-state index in [1.807, 2.05) is 18.3 Å². The average Bonchev–Trinajstić information content (AvgIpc) is 2.89. The number of unbranched alkanes of at least 4 members (excludes halogenated alkanes) is 1. The van der Waals surface area contributed by atoms with Gasteiger partial charge in [-0.3, -0.25) is 9.88 Å². The number of nitrogens with zero attached hydrogens (tertiary/aromatic N) is 3. The smallest absolute Gasteiger partial charge is 0.0737 e. The molecule has 3 nitrogen and oxygen atoms in total. The number of piperazine rings is 1. The van der Waals surface area contributed by atoms with E-state index in [1.165, 1.54) is 48.0 Å². The summed E-state index contributed by atoms with van der Waals surface area (Å²) in [6, 6.07) is 30.1. The van der Waals surface area contributed by atoms with Crippen molar-refractivity contribution in [2.24, 2.45) is 0 Å². The molecule has 3 aromatic carbocycles. The number of fused-ring (bicyclic) bond motifs is 1. The Kier molecular flexibility index (Phi) is 7.43. The monoisotopic (exact) mass is 469 g/mol. The summed E-state index contributed by atoms with van der Waals surface area (Å²) < 4.78 is 0. The highest BCUT2D eigenvalue weighted by Crippen LogP contribution is 2.30. The molecule has 0 bridgehead atoms. The van der Waals surface area contributed by atoms with Crippen molar-refractivity contribution in [3.05, 3.63) is 107 Å². The largest absolute Gasteiger partial charge is 0.368 e. The Balaban J connectivity index is 1.13. The van der Waals surface area contributed by atoms with E-state index in [0.29, 0.717) is 5.92 Å². The molecule has 174 valence electrons. The molecule has 0 amide bonds. The number of aromatic nitrogens is 1. The summed E-state index contributed by atoms with van der Waals surface area (Å²) in [6.45, 7) is 5.50. The van der Waals surface area contributed by atoms with Crippen molar-refractivity contribution in [2.75, 3.05) is 37.6 Å². The molecule has 4 heteroatoms. The Morgan fingerprint density at radius 3 is 2.12 bits per heavy atom. The second kappa shape index (κ2) is 11.0. The van der Waals surface area contributed by atoms with Gasteiger partial charge in [-0.1, -0.05) is 78.7 Å². The maximum absolute atomic E-state index is 6.17. The lowest BCUT2D eigenvalue weighted by Crippen LogP contribution is -2.46. The van der Waals surface area contributed by atoms with Crippen LogP contribution >= 0.6 is 11.6 Å². The van der Waals surface area contributed by atoms with Gasteiger partial charge in [-0.15, -0.1) is 0 Å². The molecule has 1 aromatic heterocycles. The van der Waals surface area contributed by atoms with Gasteiger partial charge in [0.05, 0.1) is 5.52 Å². The molecule has 0 spiro atoms. The molecule has 1 saturated heterocycles. The van der Waals surface area contributed by atoms with Crippen molar-refractivity contribution in [3.63, 3.8) is 0 Å². The predicted molar refractivity (Wildman–Crippen MR) is 144 cm³/mol. The van der Waals surface area contributed by atoms with Gasteiger partial charge in [0.15, 0.2) is 0 Å². The minimum atomic E-state index is 0.479. The van der Waals surface area contributed by atoms with Crippen LogP contribution in [0.15, 0.2) is 91.1 Å². The van der Waals surface area contributed by atoms with Crippen LogP contribution < -0.4 is 4.90 Å². The number of hydrogen-bond acceptors (Lipinski definition) is 3. The summed E-state index contributed by atoms with van der Waals surface area (Å²) >= 11 is 6.17. The van der Waals surface area contributed by atoms with Gasteiger partial charge in [-0.2, -0.15) is 0 Å². The van der Waals surface area contributed by atoms with Crippen molar-refractivity contribution >= 4 is 28.2 Å². The molecular weight excluding hydrogens is 438 g/mol. The van der Waals surface area contributed by atoms with Crippen molar-refractivity contribution in [2.45, 2.75) is 25.2 Å². The molecule has 0 atom stereocenters. The Morgan fingerprint density at radius 2 is 1.44 bits per heavy atom. The first-order chi connectivity index (χ1) is 16.8. The Bertz CT molecular complexity index is 1150. The van der Waals surface area contributed by atoms with E-state index in [9.17, 15) is 0 Å². The minimum Gasteiger partial charge on any atom is -0.368 e. The van der Waals surface area contributed by atoms with Crippen LogP contribution in [0.1, 0.15) is 36.3 Å². The molecule has 4 aromatic rings. The molecule has 0 N–H and O–H groups in total. The van der Waals surface area contributed by atoms with E-state index in [1.54, 1.807) is 0 Å². The van der Waals surface area contributed by atoms with Crippen LogP contribution in [-0.4, -0.2) is 42.6 Å². The third kappa shape index (κ3) is 5.43. The molecule has 1 aliphatic rings. The first-order valence-electron chi connectivity index (χ1n) is 12.4. The van der Waals surface area contributed by atoms with E-state index in [0.717, 1.165) is 36.7 Å². The quantitative estimate of drug-likeness (QED) is 0.259. The average molecular weight is 470 g/mol. The third-order valence-corrected chi connectivity index (χ3v) is 7.25. The normalized spacial score (nSPS) is 14.7. The molecule has 0 aliphatic carbocycles. The number of hydrogen-bond donors (Lipinski definition) is 0. The van der Waals surface area contributed by atoms with Crippen LogP contribution in [0.3, 0.4) is 0 Å². The van der Waals surface area contributed by atoms with Crippen molar-refractivity contribution in [3.8, 4) is 0 Å². The molecular formula is C30H32ClN3. The number of halogens is 1. The van der Waals surface area contributed by atoms with Crippen LogP contribution in [0.2, 0.25) is 5.02 Å². The van der Waals surface area contributed by atoms with Crippen molar-refractivity contribution in [1.82, 2.24) is 9.88 Å². The van der Waals surface area contributed by atoms with Crippen molar-refractivity contribution < 1.29 is 0 Å². The van der Waals surface area contributed by atoms with Crippen LogP contribution in [0.25, 0.3) is 10.9 Å². The SMILES string of the molecule is Clc1ccc2c(N3CCN(CCCCC(c4ccccc4)c4ccccc4)CC3)ccnc2c1. The van der Waals surface area contributed by atoms with Gasteiger partial charge in [0.1, 0.15) is 0 Å². The summed E-state index contributed by atoms with van der Waals surface area (Å²) in [7, 11) is 0. The zero-order valence-electron chi connectivity index (χ0n) is 19.6. The molecule has 0 unspecified atom stereocenters. The lowest BCUT2D eigenvalue weighted by molar-refractivity contribution is 0.252. The maximum Gasteiger partial charge on any atom is 0.0737 e. The van der Waals surface area contributed by atoms with Gasteiger partial charge in [0.25, 0.3) is 0 Å². The summed E-state index contributed by atoms with van der Waals surface area (Å²) in [5.41, 5.74) is 5.09.